The summed E-state index contributed by atoms with van der Waals surface area (Å²) in [6, 6.07) is 37.8. The molecule has 0 fully saturated rings. The van der Waals surface area contributed by atoms with Crippen molar-refractivity contribution in [1.29, 1.82) is 0 Å². The van der Waals surface area contributed by atoms with Gasteiger partial charge in [0.15, 0.2) is 0 Å². The zero-order valence-corrected chi connectivity index (χ0v) is 24.9. The minimum absolute atomic E-state index is 0. The first-order chi connectivity index (χ1) is 17.8. The third-order valence-electron chi connectivity index (χ3n) is 7.92. The minimum atomic E-state index is 0. The van der Waals surface area contributed by atoms with Gasteiger partial charge in [0.05, 0.1) is 0 Å². The van der Waals surface area contributed by atoms with Crippen LogP contribution in [0.5, 0.6) is 0 Å². The second-order valence-electron chi connectivity index (χ2n) is 10.7. The van der Waals surface area contributed by atoms with Crippen molar-refractivity contribution < 1.29 is 20.1 Å². The Hall–Kier alpha value is -3.39. The molecule has 0 saturated heterocycles. The molecule has 3 aromatic carbocycles. The van der Waals surface area contributed by atoms with E-state index < -0.39 is 0 Å². The average Bonchev–Trinajstić information content (AvgIpc) is 2.93. The molecule has 1 aliphatic carbocycles. The molecule has 3 heteroatoms. The zero-order valence-electron chi connectivity index (χ0n) is 22.5. The Labute approximate surface area is 240 Å². The van der Waals surface area contributed by atoms with E-state index in [9.17, 15) is 0 Å². The van der Waals surface area contributed by atoms with Crippen molar-refractivity contribution in [3.05, 3.63) is 132 Å². The Morgan fingerprint density at radius 1 is 0.605 bits per heavy atom. The van der Waals surface area contributed by atoms with Gasteiger partial charge in [0, 0.05) is 32.5 Å². The van der Waals surface area contributed by atoms with Crippen LogP contribution in [0.1, 0.15) is 44.4 Å². The molecule has 2 heterocycles. The van der Waals surface area contributed by atoms with E-state index in [4.69, 9.17) is 0 Å². The van der Waals surface area contributed by atoms with E-state index in [0.29, 0.717) is 0 Å². The smallest absolute Gasteiger partial charge is 0.0163 e. The second-order valence-corrected chi connectivity index (χ2v) is 10.7. The zero-order chi connectivity index (χ0) is 26.0. The Balaban J connectivity index is 0.000000204. The maximum atomic E-state index is 4.49. The Morgan fingerprint density at radius 2 is 1.32 bits per heavy atom. The van der Waals surface area contributed by atoms with Gasteiger partial charge < -0.3 is 9.97 Å². The van der Waals surface area contributed by atoms with Crippen LogP contribution < -0.4 is 0 Å². The molecule has 0 bridgehead atoms. The normalized spacial score (nSPS) is 14.1. The van der Waals surface area contributed by atoms with Crippen molar-refractivity contribution in [3.8, 4) is 33.6 Å². The van der Waals surface area contributed by atoms with E-state index in [0.717, 1.165) is 22.5 Å². The fraction of sp³-hybridized carbons (Fsp3) is 0.200. The van der Waals surface area contributed by atoms with Crippen LogP contribution in [-0.2, 0) is 30.9 Å². The maximum Gasteiger partial charge on any atom is 0.0163 e. The Bertz CT molecular complexity index is 1520. The van der Waals surface area contributed by atoms with Gasteiger partial charge in [-0.25, -0.2) is 0 Å². The standard InChI is InChI=1S/C23H22N.C12H10N.Ir/c1-22(2)19-10-6-5-9-17(19)18-15-16(21-11-7-8-14-24-21)12-13-20(18)23(22,3)4;1-10-7-8-13-12(9-10)11-5-3-2-4-6-11;/h5-11,13-15H,1-4H3;2-5,7-9H,1H3;/q2*-1;. The molecule has 1 aliphatic rings. The number of aryl methyl sites for hydroxylation is 1. The van der Waals surface area contributed by atoms with Crippen LogP contribution in [0.25, 0.3) is 33.6 Å². The van der Waals surface area contributed by atoms with Crippen LogP contribution in [0.2, 0.25) is 0 Å². The summed E-state index contributed by atoms with van der Waals surface area (Å²) in [4.78, 5) is 8.77. The van der Waals surface area contributed by atoms with Crippen LogP contribution in [0.3, 0.4) is 0 Å². The molecule has 6 rings (SSSR count). The van der Waals surface area contributed by atoms with E-state index >= 15 is 0 Å². The molecule has 0 unspecified atom stereocenters. The second kappa shape index (κ2) is 11.2. The van der Waals surface area contributed by atoms with E-state index in [1.165, 1.54) is 27.8 Å². The topological polar surface area (TPSA) is 25.8 Å². The largest absolute Gasteiger partial charge is 0.305 e. The van der Waals surface area contributed by atoms with E-state index in [-0.39, 0.29) is 30.9 Å². The van der Waals surface area contributed by atoms with Crippen LogP contribution in [-0.4, -0.2) is 9.97 Å². The molecule has 2 aromatic heterocycles. The fourth-order valence-electron chi connectivity index (χ4n) is 5.07. The number of hydrogen-bond acceptors (Lipinski definition) is 2. The van der Waals surface area contributed by atoms with Crippen LogP contribution in [0.4, 0.5) is 0 Å². The van der Waals surface area contributed by atoms with Gasteiger partial charge in [-0.15, -0.1) is 65.2 Å². The first-order valence-corrected chi connectivity index (χ1v) is 12.8. The summed E-state index contributed by atoms with van der Waals surface area (Å²) >= 11 is 0. The molecule has 38 heavy (non-hydrogen) atoms. The van der Waals surface area contributed by atoms with Crippen molar-refractivity contribution in [2.75, 3.05) is 0 Å². The summed E-state index contributed by atoms with van der Waals surface area (Å²) in [5, 5.41) is 0. The molecule has 5 aromatic rings. The summed E-state index contributed by atoms with van der Waals surface area (Å²) in [5.41, 5.74) is 10.8. The van der Waals surface area contributed by atoms with Crippen molar-refractivity contribution in [2.45, 2.75) is 45.4 Å². The number of pyridine rings is 2. The van der Waals surface area contributed by atoms with E-state index in [1.54, 1.807) is 0 Å². The van der Waals surface area contributed by atoms with Gasteiger partial charge >= 0.3 is 0 Å². The van der Waals surface area contributed by atoms with Crippen molar-refractivity contribution in [2.24, 2.45) is 0 Å². The molecule has 0 saturated carbocycles. The molecular formula is C35H32IrN2-2. The third kappa shape index (κ3) is 5.14. The van der Waals surface area contributed by atoms with Crippen LogP contribution in [0.15, 0.2) is 103 Å². The predicted octanol–water partition coefficient (Wildman–Crippen LogP) is 8.64. The molecule has 2 nitrogen and oxygen atoms in total. The summed E-state index contributed by atoms with van der Waals surface area (Å²) in [6.45, 7) is 11.4. The maximum absolute atomic E-state index is 4.49. The van der Waals surface area contributed by atoms with Crippen molar-refractivity contribution in [1.82, 2.24) is 9.97 Å². The Kier molecular flexibility index (Phi) is 8.11. The molecule has 0 aliphatic heterocycles. The minimum Gasteiger partial charge on any atom is -0.305 e. The quantitative estimate of drug-likeness (QED) is 0.176. The monoisotopic (exact) mass is 673 g/mol. The molecule has 0 spiro atoms. The van der Waals surface area contributed by atoms with Gasteiger partial charge in [-0.3, -0.25) is 0 Å². The molecule has 0 atom stereocenters. The average molecular weight is 673 g/mol. The van der Waals surface area contributed by atoms with Gasteiger partial charge in [-0.05, 0) is 52.4 Å². The molecule has 1 radical (unpaired) electrons. The molecule has 193 valence electrons. The number of hydrogen-bond donors (Lipinski definition) is 0. The van der Waals surface area contributed by atoms with Gasteiger partial charge in [0.25, 0.3) is 0 Å². The summed E-state index contributed by atoms with van der Waals surface area (Å²) in [5.74, 6) is 0. The SMILES string of the molecule is CC1(C)c2c[c-]c(-c3ccccn3)cc2-c2ccccc2C1(C)C.Cc1ccnc(-c2[c-]cccc2)c1.[Ir]. The summed E-state index contributed by atoms with van der Waals surface area (Å²) in [6.07, 6.45) is 3.66. The first kappa shape index (κ1) is 27.6. The number of aromatic nitrogens is 2. The van der Waals surface area contributed by atoms with Crippen LogP contribution >= 0.6 is 0 Å². The van der Waals surface area contributed by atoms with Crippen molar-refractivity contribution in [3.63, 3.8) is 0 Å². The number of rotatable bonds is 2. The van der Waals surface area contributed by atoms with Crippen molar-refractivity contribution >= 4 is 0 Å². The number of fused-ring (bicyclic) bond motifs is 3. The van der Waals surface area contributed by atoms with Gasteiger partial charge in [-0.2, -0.15) is 0 Å². The molecule has 0 N–H and O–H groups in total. The third-order valence-corrected chi connectivity index (χ3v) is 7.92. The van der Waals surface area contributed by atoms with E-state index in [1.807, 2.05) is 60.9 Å². The number of benzene rings is 3. The first-order valence-electron chi connectivity index (χ1n) is 12.8. The molecular weight excluding hydrogens is 641 g/mol. The molecule has 0 amide bonds. The summed E-state index contributed by atoms with van der Waals surface area (Å²) < 4.78 is 0. The predicted molar refractivity (Wildman–Crippen MR) is 153 cm³/mol. The van der Waals surface area contributed by atoms with Crippen LogP contribution in [0, 0.1) is 19.1 Å². The van der Waals surface area contributed by atoms with Gasteiger partial charge in [-0.1, -0.05) is 81.3 Å². The number of nitrogens with zero attached hydrogens (tertiary/aromatic N) is 2. The summed E-state index contributed by atoms with van der Waals surface area (Å²) in [7, 11) is 0. The van der Waals surface area contributed by atoms with Gasteiger partial charge in [0.1, 0.15) is 0 Å². The van der Waals surface area contributed by atoms with Gasteiger partial charge in [0.2, 0.25) is 0 Å². The fourth-order valence-corrected chi connectivity index (χ4v) is 5.07. The Morgan fingerprint density at radius 3 is 2.03 bits per heavy atom. The van der Waals surface area contributed by atoms with E-state index in [2.05, 4.69) is 99.2 Å².